The molecule has 0 bridgehead atoms. The number of carboxylic acids is 1. The van der Waals surface area contributed by atoms with E-state index < -0.39 is 72.1 Å². The summed E-state index contributed by atoms with van der Waals surface area (Å²) >= 11 is 0. The number of carbonyl (C=O) groups excluding carboxylic acids is 5. The summed E-state index contributed by atoms with van der Waals surface area (Å²) in [5, 5.41) is 18.7. The number of hydrogen-bond donors (Lipinski definition) is 8. The number of aliphatic carboxylic acids is 1. The molecular formula is C22H33N7O7. The standard InChI is InChI=1S/C22H33N7O7/c1-11(27-20(33)14(24)10-23)18(31)26-12(2)19(32)28-15(8-13-6-4-3-5-7-13)21(34)29-16(22(35)36)9-17(25)30/h3-7,11-12,14-16H,8-10,23-24H2,1-2H3,(H2,25,30)(H,26,31)(H,27,33)(H,28,32)(H,29,34)(H,35,36)/t11-,12-,14-,15-,16-/m0/s1. The van der Waals surface area contributed by atoms with Crippen molar-refractivity contribution in [3.8, 4) is 0 Å². The van der Waals surface area contributed by atoms with Gasteiger partial charge in [-0.3, -0.25) is 24.0 Å². The maximum atomic E-state index is 12.8. The monoisotopic (exact) mass is 507 g/mol. The number of carbonyl (C=O) groups is 6. The van der Waals surface area contributed by atoms with E-state index in [0.29, 0.717) is 5.56 Å². The Bertz CT molecular complexity index is 957. The number of amides is 5. The molecule has 0 unspecified atom stereocenters. The molecule has 0 spiro atoms. The third-order valence-electron chi connectivity index (χ3n) is 5.03. The molecule has 0 heterocycles. The van der Waals surface area contributed by atoms with Crippen LogP contribution in [0.3, 0.4) is 0 Å². The van der Waals surface area contributed by atoms with Crippen molar-refractivity contribution in [1.29, 1.82) is 0 Å². The molecule has 0 saturated carbocycles. The predicted octanol–water partition coefficient (Wildman–Crippen LogP) is -3.55. The van der Waals surface area contributed by atoms with Crippen LogP contribution in [0.5, 0.6) is 0 Å². The Hall–Kier alpha value is -4.04. The van der Waals surface area contributed by atoms with Crippen LogP contribution >= 0.6 is 0 Å². The van der Waals surface area contributed by atoms with Crippen LogP contribution in [0.4, 0.5) is 0 Å². The summed E-state index contributed by atoms with van der Waals surface area (Å²) in [6, 6.07) is 2.59. The average Bonchev–Trinajstić information content (AvgIpc) is 2.82. The lowest BCUT2D eigenvalue weighted by Gasteiger charge is -2.24. The van der Waals surface area contributed by atoms with Gasteiger partial charge in [-0.15, -0.1) is 0 Å². The highest BCUT2D eigenvalue weighted by Gasteiger charge is 2.30. The minimum Gasteiger partial charge on any atom is -0.480 e. The molecule has 5 atom stereocenters. The van der Waals surface area contributed by atoms with Crippen molar-refractivity contribution < 1.29 is 33.9 Å². The highest BCUT2D eigenvalue weighted by Crippen LogP contribution is 2.05. The smallest absolute Gasteiger partial charge is 0.326 e. The lowest BCUT2D eigenvalue weighted by atomic mass is 10.0. The largest absolute Gasteiger partial charge is 0.480 e. The Kier molecular flexibility index (Phi) is 12.0. The SMILES string of the molecule is C[C@H](NC(=O)[C@H](C)NC(=O)[C@@H](N)CN)C(=O)N[C@@H](Cc1ccccc1)C(=O)N[C@@H](CC(N)=O)C(=O)O. The van der Waals surface area contributed by atoms with Crippen molar-refractivity contribution in [2.45, 2.75) is 56.9 Å². The van der Waals surface area contributed by atoms with Crippen molar-refractivity contribution in [2.75, 3.05) is 6.54 Å². The second-order valence-corrected chi connectivity index (χ2v) is 8.12. The van der Waals surface area contributed by atoms with E-state index in [1.54, 1.807) is 30.3 Å². The zero-order valence-electron chi connectivity index (χ0n) is 20.0. The molecule has 0 aliphatic carbocycles. The molecule has 1 aromatic carbocycles. The summed E-state index contributed by atoms with van der Waals surface area (Å²) in [7, 11) is 0. The van der Waals surface area contributed by atoms with Gasteiger partial charge < -0.3 is 43.6 Å². The number of nitrogens with two attached hydrogens (primary N) is 3. The Balaban J connectivity index is 2.92. The van der Waals surface area contributed by atoms with E-state index in [4.69, 9.17) is 17.2 Å². The molecule has 0 aromatic heterocycles. The van der Waals surface area contributed by atoms with Gasteiger partial charge in [0.05, 0.1) is 12.5 Å². The summed E-state index contributed by atoms with van der Waals surface area (Å²) in [6.07, 6.45) is -0.650. The number of primary amides is 1. The maximum absolute atomic E-state index is 12.8. The topological polar surface area (TPSA) is 249 Å². The van der Waals surface area contributed by atoms with E-state index in [0.717, 1.165) is 0 Å². The Morgan fingerprint density at radius 3 is 1.81 bits per heavy atom. The first-order chi connectivity index (χ1) is 16.8. The number of hydrogen-bond acceptors (Lipinski definition) is 8. The molecule has 1 rings (SSSR count). The molecule has 0 radical (unpaired) electrons. The van der Waals surface area contributed by atoms with Gasteiger partial charge in [-0.2, -0.15) is 0 Å². The van der Waals surface area contributed by atoms with E-state index in [2.05, 4.69) is 21.3 Å². The highest BCUT2D eigenvalue weighted by atomic mass is 16.4. The van der Waals surface area contributed by atoms with Gasteiger partial charge in [0.1, 0.15) is 24.2 Å². The van der Waals surface area contributed by atoms with E-state index in [-0.39, 0.29) is 13.0 Å². The van der Waals surface area contributed by atoms with Crippen molar-refractivity contribution in [2.24, 2.45) is 17.2 Å². The summed E-state index contributed by atoms with van der Waals surface area (Å²) in [4.78, 5) is 72.4. The molecule has 0 saturated heterocycles. The number of nitrogens with one attached hydrogen (secondary N) is 4. The van der Waals surface area contributed by atoms with Crippen LogP contribution in [0.25, 0.3) is 0 Å². The van der Waals surface area contributed by atoms with E-state index >= 15 is 0 Å². The van der Waals surface area contributed by atoms with Crippen LogP contribution in [0.15, 0.2) is 30.3 Å². The normalized spacial score (nSPS) is 14.8. The Morgan fingerprint density at radius 1 is 0.806 bits per heavy atom. The van der Waals surface area contributed by atoms with Crippen LogP contribution in [0.1, 0.15) is 25.8 Å². The van der Waals surface area contributed by atoms with Crippen LogP contribution < -0.4 is 38.5 Å². The number of rotatable bonds is 14. The maximum Gasteiger partial charge on any atom is 0.326 e. The first-order valence-electron chi connectivity index (χ1n) is 11.1. The summed E-state index contributed by atoms with van der Waals surface area (Å²) in [5.74, 6) is -5.35. The van der Waals surface area contributed by atoms with Crippen LogP contribution in [-0.2, 0) is 35.2 Å². The quantitative estimate of drug-likeness (QED) is 0.124. The first-order valence-corrected chi connectivity index (χ1v) is 11.1. The fraction of sp³-hybridized carbons (Fsp3) is 0.455. The highest BCUT2D eigenvalue weighted by molar-refractivity contribution is 5.95. The van der Waals surface area contributed by atoms with Gasteiger partial charge >= 0.3 is 5.97 Å². The zero-order chi connectivity index (χ0) is 27.4. The van der Waals surface area contributed by atoms with Gasteiger partial charge in [0.15, 0.2) is 0 Å². The lowest BCUT2D eigenvalue weighted by molar-refractivity contribution is -0.143. The number of benzene rings is 1. The lowest BCUT2D eigenvalue weighted by Crippen LogP contribution is -2.58. The minimum absolute atomic E-state index is 0.00850. The van der Waals surface area contributed by atoms with Crippen molar-refractivity contribution in [3.05, 3.63) is 35.9 Å². The molecular weight excluding hydrogens is 474 g/mol. The van der Waals surface area contributed by atoms with Crippen molar-refractivity contribution in [3.63, 3.8) is 0 Å². The van der Waals surface area contributed by atoms with E-state index in [9.17, 15) is 33.9 Å². The van der Waals surface area contributed by atoms with Gasteiger partial charge in [0, 0.05) is 13.0 Å². The fourth-order valence-electron chi connectivity index (χ4n) is 2.93. The molecule has 198 valence electrons. The predicted molar refractivity (Wildman–Crippen MR) is 128 cm³/mol. The van der Waals surface area contributed by atoms with Gasteiger partial charge in [0.2, 0.25) is 29.5 Å². The summed E-state index contributed by atoms with van der Waals surface area (Å²) < 4.78 is 0. The Morgan fingerprint density at radius 2 is 1.31 bits per heavy atom. The molecule has 0 aliphatic heterocycles. The minimum atomic E-state index is -1.59. The molecule has 36 heavy (non-hydrogen) atoms. The fourth-order valence-corrected chi connectivity index (χ4v) is 2.93. The van der Waals surface area contributed by atoms with Crippen molar-refractivity contribution in [1.82, 2.24) is 21.3 Å². The zero-order valence-corrected chi connectivity index (χ0v) is 20.0. The number of carboxylic acid groups (broad SMARTS) is 1. The van der Waals surface area contributed by atoms with Gasteiger partial charge in [-0.25, -0.2) is 4.79 Å². The van der Waals surface area contributed by atoms with Gasteiger partial charge in [-0.1, -0.05) is 30.3 Å². The molecule has 14 nitrogen and oxygen atoms in total. The second kappa shape index (κ2) is 14.4. The van der Waals surface area contributed by atoms with Crippen LogP contribution in [0, 0.1) is 0 Å². The third-order valence-corrected chi connectivity index (χ3v) is 5.03. The van der Waals surface area contributed by atoms with E-state index in [1.807, 2.05) is 0 Å². The van der Waals surface area contributed by atoms with Crippen LogP contribution in [0.2, 0.25) is 0 Å². The second-order valence-electron chi connectivity index (χ2n) is 8.12. The van der Waals surface area contributed by atoms with Crippen LogP contribution in [-0.4, -0.2) is 77.4 Å². The molecule has 11 N–H and O–H groups in total. The summed E-state index contributed by atoms with van der Waals surface area (Å²) in [5.41, 5.74) is 16.5. The molecule has 5 amide bonds. The molecule has 1 aromatic rings. The van der Waals surface area contributed by atoms with Gasteiger partial charge in [-0.05, 0) is 19.4 Å². The first kappa shape index (κ1) is 30.0. The summed E-state index contributed by atoms with van der Waals surface area (Å²) in [6.45, 7) is 2.63. The molecule has 14 heteroatoms. The average molecular weight is 508 g/mol. The third kappa shape index (κ3) is 10.1. The van der Waals surface area contributed by atoms with Gasteiger partial charge in [0.25, 0.3) is 0 Å². The molecule has 0 aliphatic rings. The Labute approximate surface area is 207 Å². The van der Waals surface area contributed by atoms with E-state index in [1.165, 1.54) is 13.8 Å². The molecule has 0 fully saturated rings. The van der Waals surface area contributed by atoms with Crippen molar-refractivity contribution >= 4 is 35.5 Å².